The van der Waals surface area contributed by atoms with E-state index in [0.29, 0.717) is 4.90 Å². The summed E-state index contributed by atoms with van der Waals surface area (Å²) in [6, 6.07) is 7.80. The topological polar surface area (TPSA) is 73.8 Å². The Balaban J connectivity index is 0.00000364. The molecule has 0 heterocycles. The molecule has 0 unspecified atom stereocenters. The minimum absolute atomic E-state index is 0. The van der Waals surface area contributed by atoms with Gasteiger partial charge in [0.25, 0.3) is 0 Å². The highest BCUT2D eigenvalue weighted by Crippen LogP contribution is 2.21. The van der Waals surface area contributed by atoms with Crippen LogP contribution in [0.25, 0.3) is 0 Å². The molecule has 154 valence electrons. The van der Waals surface area contributed by atoms with E-state index >= 15 is 0 Å². The first kappa shape index (κ1) is 24.2. The lowest BCUT2D eigenvalue weighted by molar-refractivity contribution is 0.249. The van der Waals surface area contributed by atoms with E-state index in [-0.39, 0.29) is 24.0 Å². The van der Waals surface area contributed by atoms with Crippen LogP contribution in [-0.4, -0.2) is 65.3 Å². The lowest BCUT2D eigenvalue weighted by Crippen LogP contribution is -2.43. The smallest absolute Gasteiger partial charge is 0.191 e. The summed E-state index contributed by atoms with van der Waals surface area (Å²) < 4.78 is 23.0. The van der Waals surface area contributed by atoms with Crippen molar-refractivity contribution in [3.8, 4) is 0 Å². The third-order valence-corrected chi connectivity index (χ3v) is 6.11. The molecule has 0 atom stereocenters. The van der Waals surface area contributed by atoms with Gasteiger partial charge in [-0.3, -0.25) is 4.99 Å². The molecule has 1 aromatic rings. The third-order valence-electron chi connectivity index (χ3n) is 4.99. The molecule has 0 aromatic heterocycles. The van der Waals surface area contributed by atoms with Gasteiger partial charge in [0, 0.05) is 39.0 Å². The number of nitrogens with zero attached hydrogens (tertiary/aromatic N) is 2. The second-order valence-corrected chi connectivity index (χ2v) is 9.03. The predicted octanol–water partition coefficient (Wildman–Crippen LogP) is 2.29. The van der Waals surface area contributed by atoms with E-state index in [1.807, 2.05) is 12.1 Å². The van der Waals surface area contributed by atoms with Crippen LogP contribution < -0.4 is 10.6 Å². The number of hydrogen-bond donors (Lipinski definition) is 2. The number of halogens is 1. The minimum atomic E-state index is -3.13. The van der Waals surface area contributed by atoms with Crippen molar-refractivity contribution in [2.75, 3.05) is 40.0 Å². The summed E-state index contributed by atoms with van der Waals surface area (Å²) in [5.74, 6) is 0.803. The number of likely N-dealkylation sites (N-methyl/N-ethyl adjacent to an activating group) is 1. The first-order valence-electron chi connectivity index (χ1n) is 9.34. The Morgan fingerprint density at radius 3 is 2.30 bits per heavy atom. The highest BCUT2D eigenvalue weighted by Gasteiger charge is 2.18. The summed E-state index contributed by atoms with van der Waals surface area (Å²) in [6.45, 7) is 2.63. The number of benzene rings is 1. The molecular formula is C19H33IN4O2S. The van der Waals surface area contributed by atoms with Crippen LogP contribution in [-0.2, 0) is 16.3 Å². The molecule has 1 fully saturated rings. The molecule has 0 spiro atoms. The Morgan fingerprint density at radius 1 is 1.15 bits per heavy atom. The molecule has 27 heavy (non-hydrogen) atoms. The van der Waals surface area contributed by atoms with E-state index in [4.69, 9.17) is 0 Å². The zero-order chi connectivity index (χ0) is 19.0. The van der Waals surface area contributed by atoms with E-state index in [1.165, 1.54) is 31.9 Å². The van der Waals surface area contributed by atoms with Crippen molar-refractivity contribution in [1.82, 2.24) is 15.5 Å². The summed E-state index contributed by atoms with van der Waals surface area (Å²) in [5.41, 5.74) is 1.10. The van der Waals surface area contributed by atoms with Gasteiger partial charge in [-0.1, -0.05) is 25.0 Å². The molecule has 8 heteroatoms. The maximum absolute atomic E-state index is 11.5. The van der Waals surface area contributed by atoms with Crippen LogP contribution >= 0.6 is 24.0 Å². The van der Waals surface area contributed by atoms with Crippen molar-refractivity contribution < 1.29 is 8.42 Å². The lowest BCUT2D eigenvalue weighted by atomic mass is 10.1. The predicted molar refractivity (Wildman–Crippen MR) is 123 cm³/mol. The average Bonchev–Trinajstić information content (AvgIpc) is 3.14. The van der Waals surface area contributed by atoms with E-state index in [2.05, 4.69) is 27.6 Å². The summed E-state index contributed by atoms with van der Waals surface area (Å²) >= 11 is 0. The molecule has 1 aliphatic rings. The van der Waals surface area contributed by atoms with Gasteiger partial charge in [0.2, 0.25) is 0 Å². The Morgan fingerprint density at radius 2 is 1.74 bits per heavy atom. The number of guanidine groups is 1. The quantitative estimate of drug-likeness (QED) is 0.320. The van der Waals surface area contributed by atoms with E-state index in [0.717, 1.165) is 43.6 Å². The second-order valence-electron chi connectivity index (χ2n) is 7.01. The molecule has 1 aliphatic carbocycles. The molecule has 0 radical (unpaired) electrons. The first-order valence-corrected chi connectivity index (χ1v) is 11.2. The Hall–Kier alpha value is -0.870. The summed E-state index contributed by atoms with van der Waals surface area (Å²) in [7, 11) is 0.847. The van der Waals surface area contributed by atoms with E-state index in [1.54, 1.807) is 19.2 Å². The van der Waals surface area contributed by atoms with Crippen LogP contribution in [0.5, 0.6) is 0 Å². The van der Waals surface area contributed by atoms with Crippen LogP contribution in [0.15, 0.2) is 34.2 Å². The number of nitrogens with one attached hydrogen (secondary N) is 2. The van der Waals surface area contributed by atoms with E-state index < -0.39 is 9.84 Å². The molecule has 0 aliphatic heterocycles. The Bertz CT molecular complexity index is 686. The fourth-order valence-electron chi connectivity index (χ4n) is 3.33. The highest BCUT2D eigenvalue weighted by molar-refractivity contribution is 14.0. The molecule has 2 rings (SSSR count). The first-order chi connectivity index (χ1) is 12.4. The summed E-state index contributed by atoms with van der Waals surface area (Å²) in [5, 5.41) is 6.67. The highest BCUT2D eigenvalue weighted by atomic mass is 127. The third kappa shape index (κ3) is 8.35. The number of aliphatic imine (C=N–C) groups is 1. The summed E-state index contributed by atoms with van der Waals surface area (Å²) in [4.78, 5) is 7.06. The Kier molecular flexibility index (Phi) is 10.6. The van der Waals surface area contributed by atoms with E-state index in [9.17, 15) is 8.42 Å². The second kappa shape index (κ2) is 11.9. The number of hydrogen-bond acceptors (Lipinski definition) is 4. The summed E-state index contributed by atoms with van der Waals surface area (Å²) in [6.07, 6.45) is 7.40. The zero-order valence-corrected chi connectivity index (χ0v) is 19.7. The van der Waals surface area contributed by atoms with Gasteiger partial charge < -0.3 is 15.5 Å². The van der Waals surface area contributed by atoms with Gasteiger partial charge in [0.05, 0.1) is 4.90 Å². The van der Waals surface area contributed by atoms with Crippen molar-refractivity contribution >= 4 is 39.8 Å². The van der Waals surface area contributed by atoms with Gasteiger partial charge in [-0.2, -0.15) is 0 Å². The fourth-order valence-corrected chi connectivity index (χ4v) is 3.96. The molecule has 0 bridgehead atoms. The van der Waals surface area contributed by atoms with Crippen molar-refractivity contribution in [1.29, 1.82) is 0 Å². The molecule has 1 aromatic carbocycles. The molecule has 1 saturated carbocycles. The molecule has 6 nitrogen and oxygen atoms in total. The Labute approximate surface area is 181 Å². The van der Waals surface area contributed by atoms with Crippen LogP contribution in [0.3, 0.4) is 0 Å². The minimum Gasteiger partial charge on any atom is -0.356 e. The number of sulfone groups is 1. The van der Waals surface area contributed by atoms with Gasteiger partial charge in [-0.25, -0.2) is 8.42 Å². The van der Waals surface area contributed by atoms with Crippen molar-refractivity contribution in [2.24, 2.45) is 4.99 Å². The SMILES string of the molecule is CN=C(NCCc1ccc(S(C)(=O)=O)cc1)NCCN(C)C1CCCC1.I. The normalized spacial score (nSPS) is 15.6. The van der Waals surface area contributed by atoms with Crippen LogP contribution in [0.1, 0.15) is 31.2 Å². The molecule has 0 amide bonds. The van der Waals surface area contributed by atoms with Gasteiger partial charge in [-0.15, -0.1) is 24.0 Å². The van der Waals surface area contributed by atoms with Crippen LogP contribution in [0.2, 0.25) is 0 Å². The average molecular weight is 508 g/mol. The molecule has 2 N–H and O–H groups in total. The van der Waals surface area contributed by atoms with Crippen molar-refractivity contribution in [2.45, 2.75) is 43.0 Å². The maximum atomic E-state index is 11.5. The standard InChI is InChI=1S/C19H32N4O2S.HI/c1-20-19(22-14-15-23(2)17-6-4-5-7-17)21-13-12-16-8-10-18(11-9-16)26(3,24)25;/h8-11,17H,4-7,12-15H2,1-3H3,(H2,20,21,22);1H. The maximum Gasteiger partial charge on any atom is 0.191 e. The monoisotopic (exact) mass is 508 g/mol. The van der Waals surface area contributed by atoms with Crippen LogP contribution in [0, 0.1) is 0 Å². The van der Waals surface area contributed by atoms with Gasteiger partial charge in [0.15, 0.2) is 15.8 Å². The van der Waals surface area contributed by atoms with Crippen LogP contribution in [0.4, 0.5) is 0 Å². The fraction of sp³-hybridized carbons (Fsp3) is 0.632. The van der Waals surface area contributed by atoms with Crippen molar-refractivity contribution in [3.05, 3.63) is 29.8 Å². The van der Waals surface area contributed by atoms with Gasteiger partial charge >= 0.3 is 0 Å². The zero-order valence-electron chi connectivity index (χ0n) is 16.6. The number of rotatable bonds is 8. The van der Waals surface area contributed by atoms with Gasteiger partial charge in [0.1, 0.15) is 0 Å². The lowest BCUT2D eigenvalue weighted by Gasteiger charge is -2.24. The molecular weight excluding hydrogens is 475 g/mol. The molecule has 0 saturated heterocycles. The van der Waals surface area contributed by atoms with Crippen molar-refractivity contribution in [3.63, 3.8) is 0 Å². The van der Waals surface area contributed by atoms with Gasteiger partial charge in [-0.05, 0) is 44.0 Å². The largest absolute Gasteiger partial charge is 0.356 e.